The lowest BCUT2D eigenvalue weighted by molar-refractivity contribution is -0.117. The molecule has 108 valence electrons. The van der Waals surface area contributed by atoms with Crippen molar-refractivity contribution in [2.75, 3.05) is 29.9 Å². The van der Waals surface area contributed by atoms with Crippen molar-refractivity contribution >= 4 is 17.3 Å². The van der Waals surface area contributed by atoms with Crippen LogP contribution in [0.2, 0.25) is 0 Å². The number of carbonyl (C=O) groups excluding carboxylic acids is 1. The van der Waals surface area contributed by atoms with E-state index in [2.05, 4.69) is 27.7 Å². The Kier molecular flexibility index (Phi) is 4.21. The van der Waals surface area contributed by atoms with E-state index in [4.69, 9.17) is 0 Å². The minimum absolute atomic E-state index is 0.0198. The van der Waals surface area contributed by atoms with Gasteiger partial charge in [-0.15, -0.1) is 0 Å². The molecule has 0 saturated carbocycles. The monoisotopic (exact) mass is 273 g/mol. The Labute approximate surface area is 120 Å². The third kappa shape index (κ3) is 3.12. The topological polar surface area (TPSA) is 44.4 Å². The van der Waals surface area contributed by atoms with Crippen molar-refractivity contribution in [3.05, 3.63) is 24.3 Å². The molecule has 1 unspecified atom stereocenters. The third-order valence-corrected chi connectivity index (χ3v) is 4.21. The molecule has 1 aromatic rings. The Balaban J connectivity index is 1.65. The second kappa shape index (κ2) is 6.27. The van der Waals surface area contributed by atoms with E-state index in [1.807, 2.05) is 12.1 Å². The molecule has 0 bridgehead atoms. The van der Waals surface area contributed by atoms with Gasteiger partial charge >= 0.3 is 0 Å². The molecule has 4 heteroatoms. The summed E-state index contributed by atoms with van der Waals surface area (Å²) < 4.78 is 0. The zero-order chi connectivity index (χ0) is 13.8. The van der Waals surface area contributed by atoms with Crippen molar-refractivity contribution in [1.82, 2.24) is 5.32 Å². The molecule has 3 rings (SSSR count). The number of benzene rings is 1. The maximum atomic E-state index is 12.1. The van der Waals surface area contributed by atoms with E-state index in [0.717, 1.165) is 38.2 Å². The van der Waals surface area contributed by atoms with Gasteiger partial charge in [0.2, 0.25) is 5.91 Å². The molecule has 2 fully saturated rings. The molecule has 20 heavy (non-hydrogen) atoms. The SMILES string of the molecule is O=C(Nc1cccc(N2CCCCC2)c1)C1CCCN1. The summed E-state index contributed by atoms with van der Waals surface area (Å²) in [7, 11) is 0. The molecule has 0 radical (unpaired) electrons. The first-order valence-corrected chi connectivity index (χ1v) is 7.72. The average molecular weight is 273 g/mol. The Morgan fingerprint density at radius 3 is 2.80 bits per heavy atom. The van der Waals surface area contributed by atoms with Crippen LogP contribution in [0.3, 0.4) is 0 Å². The van der Waals surface area contributed by atoms with Crippen LogP contribution in [0.25, 0.3) is 0 Å². The first-order chi connectivity index (χ1) is 9.83. The fourth-order valence-corrected chi connectivity index (χ4v) is 3.07. The van der Waals surface area contributed by atoms with Gasteiger partial charge in [0.1, 0.15) is 0 Å². The first kappa shape index (κ1) is 13.4. The molecule has 0 aliphatic carbocycles. The predicted octanol–water partition coefficient (Wildman–Crippen LogP) is 2.37. The Hall–Kier alpha value is -1.55. The van der Waals surface area contributed by atoms with E-state index in [1.165, 1.54) is 24.9 Å². The maximum Gasteiger partial charge on any atom is 0.241 e. The fourth-order valence-electron chi connectivity index (χ4n) is 3.07. The van der Waals surface area contributed by atoms with Crippen molar-refractivity contribution in [1.29, 1.82) is 0 Å². The van der Waals surface area contributed by atoms with Gasteiger partial charge in [0, 0.05) is 24.5 Å². The van der Waals surface area contributed by atoms with E-state index < -0.39 is 0 Å². The quantitative estimate of drug-likeness (QED) is 0.888. The van der Waals surface area contributed by atoms with Gasteiger partial charge in [-0.1, -0.05) is 6.07 Å². The largest absolute Gasteiger partial charge is 0.371 e. The Morgan fingerprint density at radius 2 is 2.05 bits per heavy atom. The molecule has 1 amide bonds. The maximum absolute atomic E-state index is 12.1. The van der Waals surface area contributed by atoms with Crippen LogP contribution in [0, 0.1) is 0 Å². The van der Waals surface area contributed by atoms with Crippen molar-refractivity contribution in [2.24, 2.45) is 0 Å². The molecule has 0 aromatic heterocycles. The van der Waals surface area contributed by atoms with Crippen molar-refractivity contribution < 1.29 is 4.79 Å². The number of carbonyl (C=O) groups is 1. The fraction of sp³-hybridized carbons (Fsp3) is 0.562. The van der Waals surface area contributed by atoms with Gasteiger partial charge in [-0.25, -0.2) is 0 Å². The summed E-state index contributed by atoms with van der Waals surface area (Å²) in [6.07, 6.45) is 5.90. The van der Waals surface area contributed by atoms with Gasteiger partial charge in [0.05, 0.1) is 6.04 Å². The van der Waals surface area contributed by atoms with Crippen molar-refractivity contribution in [2.45, 2.75) is 38.1 Å². The van der Waals surface area contributed by atoms with Gasteiger partial charge in [-0.05, 0) is 56.8 Å². The molecule has 1 atom stereocenters. The molecule has 4 nitrogen and oxygen atoms in total. The summed E-state index contributed by atoms with van der Waals surface area (Å²) in [6, 6.07) is 8.21. The average Bonchev–Trinajstić information content (AvgIpc) is 3.03. The number of hydrogen-bond acceptors (Lipinski definition) is 3. The van der Waals surface area contributed by atoms with Crippen LogP contribution >= 0.6 is 0 Å². The number of piperidine rings is 1. The molecule has 2 saturated heterocycles. The molecule has 0 spiro atoms. The molecule has 2 N–H and O–H groups in total. The highest BCUT2D eigenvalue weighted by molar-refractivity contribution is 5.95. The first-order valence-electron chi connectivity index (χ1n) is 7.72. The number of anilines is 2. The lowest BCUT2D eigenvalue weighted by Crippen LogP contribution is -2.35. The van der Waals surface area contributed by atoms with Gasteiger partial charge in [0.25, 0.3) is 0 Å². The molecule has 2 aliphatic heterocycles. The third-order valence-electron chi connectivity index (χ3n) is 4.21. The van der Waals surface area contributed by atoms with E-state index >= 15 is 0 Å². The predicted molar refractivity (Wildman–Crippen MR) is 82.2 cm³/mol. The van der Waals surface area contributed by atoms with Gasteiger partial charge in [-0.3, -0.25) is 4.79 Å². The Bertz CT molecular complexity index is 463. The van der Waals surface area contributed by atoms with Gasteiger partial charge < -0.3 is 15.5 Å². The lowest BCUT2D eigenvalue weighted by Gasteiger charge is -2.29. The number of hydrogen-bond donors (Lipinski definition) is 2. The standard InChI is InChI=1S/C16H23N3O/c20-16(15-8-5-9-17-15)18-13-6-4-7-14(12-13)19-10-2-1-3-11-19/h4,6-7,12,15,17H,1-3,5,8-11H2,(H,18,20). The number of rotatable bonds is 3. The zero-order valence-electron chi connectivity index (χ0n) is 11.9. The van der Waals surface area contributed by atoms with Crippen molar-refractivity contribution in [3.63, 3.8) is 0 Å². The zero-order valence-corrected chi connectivity index (χ0v) is 11.9. The van der Waals surface area contributed by atoms with Crippen molar-refractivity contribution in [3.8, 4) is 0 Å². The number of amides is 1. The molecule has 1 aromatic carbocycles. The van der Waals surface area contributed by atoms with E-state index in [1.54, 1.807) is 0 Å². The van der Waals surface area contributed by atoms with Crippen LogP contribution in [0.4, 0.5) is 11.4 Å². The summed E-state index contributed by atoms with van der Waals surface area (Å²) in [5.41, 5.74) is 2.13. The summed E-state index contributed by atoms with van der Waals surface area (Å²) in [5, 5.41) is 6.27. The highest BCUT2D eigenvalue weighted by Gasteiger charge is 2.22. The molecular weight excluding hydrogens is 250 g/mol. The molecular formula is C16H23N3O. The molecule has 2 heterocycles. The second-order valence-corrected chi connectivity index (χ2v) is 5.74. The normalized spacial score (nSPS) is 22.8. The van der Waals surface area contributed by atoms with Crippen LogP contribution in [0.1, 0.15) is 32.1 Å². The number of nitrogens with zero attached hydrogens (tertiary/aromatic N) is 1. The van der Waals surface area contributed by atoms with Crippen LogP contribution in [-0.4, -0.2) is 31.6 Å². The summed E-state index contributed by atoms with van der Waals surface area (Å²) in [6.45, 7) is 3.20. The highest BCUT2D eigenvalue weighted by Crippen LogP contribution is 2.23. The number of nitrogens with one attached hydrogen (secondary N) is 2. The Morgan fingerprint density at radius 1 is 1.20 bits per heavy atom. The van der Waals surface area contributed by atoms with Crippen LogP contribution in [0.5, 0.6) is 0 Å². The minimum atomic E-state index is -0.0198. The minimum Gasteiger partial charge on any atom is -0.371 e. The van der Waals surface area contributed by atoms with Gasteiger partial charge in [-0.2, -0.15) is 0 Å². The van der Waals surface area contributed by atoms with E-state index in [9.17, 15) is 4.79 Å². The summed E-state index contributed by atoms with van der Waals surface area (Å²) in [4.78, 5) is 14.5. The lowest BCUT2D eigenvalue weighted by atomic mass is 10.1. The van der Waals surface area contributed by atoms with Crippen LogP contribution < -0.4 is 15.5 Å². The van der Waals surface area contributed by atoms with E-state index in [-0.39, 0.29) is 11.9 Å². The highest BCUT2D eigenvalue weighted by atomic mass is 16.2. The summed E-state index contributed by atoms with van der Waals surface area (Å²) in [5.74, 6) is 0.0956. The smallest absolute Gasteiger partial charge is 0.241 e. The second-order valence-electron chi connectivity index (χ2n) is 5.74. The molecule has 2 aliphatic rings. The van der Waals surface area contributed by atoms with Crippen LogP contribution in [0.15, 0.2) is 24.3 Å². The van der Waals surface area contributed by atoms with E-state index in [0.29, 0.717) is 0 Å². The van der Waals surface area contributed by atoms with Gasteiger partial charge in [0.15, 0.2) is 0 Å². The summed E-state index contributed by atoms with van der Waals surface area (Å²) >= 11 is 0. The van der Waals surface area contributed by atoms with Crippen LogP contribution in [-0.2, 0) is 4.79 Å².